The van der Waals surface area contributed by atoms with Crippen molar-refractivity contribution in [2.45, 2.75) is 27.3 Å². The molecule has 0 unspecified atom stereocenters. The van der Waals surface area contributed by atoms with Gasteiger partial charge in [-0.25, -0.2) is 4.98 Å². The van der Waals surface area contributed by atoms with Crippen LogP contribution in [0.5, 0.6) is 5.88 Å². The van der Waals surface area contributed by atoms with Crippen LogP contribution in [0.3, 0.4) is 0 Å². The molecule has 2 N–H and O–H groups in total. The number of methoxy groups -OCH3 is 1. The largest absolute Gasteiger partial charge is 0.481 e. The van der Waals surface area contributed by atoms with E-state index in [1.165, 1.54) is 0 Å². The third-order valence-corrected chi connectivity index (χ3v) is 2.87. The lowest BCUT2D eigenvalue weighted by atomic mass is 10.1. The zero-order valence-electron chi connectivity index (χ0n) is 11.1. The van der Waals surface area contributed by atoms with Gasteiger partial charge in [0.25, 0.3) is 0 Å². The van der Waals surface area contributed by atoms with Gasteiger partial charge in [0.2, 0.25) is 11.8 Å². The highest BCUT2D eigenvalue weighted by Gasteiger charge is 2.15. The number of aromatic nitrogens is 4. The highest BCUT2D eigenvalue weighted by Crippen LogP contribution is 2.27. The highest BCUT2D eigenvalue weighted by molar-refractivity contribution is 5.66. The Hall–Kier alpha value is -2.11. The van der Waals surface area contributed by atoms with Crippen molar-refractivity contribution in [2.24, 2.45) is 0 Å². The van der Waals surface area contributed by atoms with Gasteiger partial charge in [-0.2, -0.15) is 10.1 Å². The average Bonchev–Trinajstić information content (AvgIpc) is 2.63. The first kappa shape index (κ1) is 12.3. The standard InChI is InChI=1S/C12H17N5O/c1-5-17-8(3)11(7(2)16-17)9-6-10(18-4)15-12(13)14-9/h6H,5H2,1-4H3,(H2,13,14,15). The maximum absolute atomic E-state index is 5.68. The molecule has 0 aliphatic carbocycles. The molecule has 2 aromatic rings. The van der Waals surface area contributed by atoms with E-state index in [0.717, 1.165) is 29.2 Å². The van der Waals surface area contributed by atoms with E-state index in [4.69, 9.17) is 10.5 Å². The Morgan fingerprint density at radius 3 is 2.61 bits per heavy atom. The van der Waals surface area contributed by atoms with Crippen molar-refractivity contribution in [2.75, 3.05) is 12.8 Å². The summed E-state index contributed by atoms with van der Waals surface area (Å²) >= 11 is 0. The third kappa shape index (κ3) is 2.01. The zero-order valence-corrected chi connectivity index (χ0v) is 11.1. The number of hydrogen-bond acceptors (Lipinski definition) is 5. The third-order valence-electron chi connectivity index (χ3n) is 2.87. The first-order valence-corrected chi connectivity index (χ1v) is 5.79. The van der Waals surface area contributed by atoms with Crippen molar-refractivity contribution in [3.63, 3.8) is 0 Å². The molecule has 2 aromatic heterocycles. The van der Waals surface area contributed by atoms with E-state index in [1.807, 2.05) is 18.5 Å². The summed E-state index contributed by atoms with van der Waals surface area (Å²) in [6.45, 7) is 6.85. The lowest BCUT2D eigenvalue weighted by molar-refractivity contribution is 0.398. The molecule has 0 saturated heterocycles. The maximum atomic E-state index is 5.68. The molecule has 6 heteroatoms. The minimum atomic E-state index is 0.201. The summed E-state index contributed by atoms with van der Waals surface area (Å²) in [6, 6.07) is 1.77. The Labute approximate surface area is 106 Å². The van der Waals surface area contributed by atoms with Gasteiger partial charge < -0.3 is 10.5 Å². The summed E-state index contributed by atoms with van der Waals surface area (Å²) < 4.78 is 7.05. The number of ether oxygens (including phenoxy) is 1. The lowest BCUT2D eigenvalue weighted by Crippen LogP contribution is -2.01. The highest BCUT2D eigenvalue weighted by atomic mass is 16.5. The molecule has 0 aliphatic heterocycles. The van der Waals surface area contributed by atoms with Crippen molar-refractivity contribution in [1.29, 1.82) is 0 Å². The van der Waals surface area contributed by atoms with Crippen LogP contribution >= 0.6 is 0 Å². The Kier molecular flexibility index (Phi) is 3.18. The smallest absolute Gasteiger partial charge is 0.223 e. The molecule has 0 bridgehead atoms. The molecular formula is C12H17N5O. The molecular weight excluding hydrogens is 230 g/mol. The summed E-state index contributed by atoms with van der Waals surface area (Å²) in [5.74, 6) is 0.660. The van der Waals surface area contributed by atoms with Crippen molar-refractivity contribution in [3.05, 3.63) is 17.5 Å². The molecule has 0 aromatic carbocycles. The number of aryl methyl sites for hydroxylation is 2. The van der Waals surface area contributed by atoms with Crippen LogP contribution in [0.1, 0.15) is 18.3 Å². The van der Waals surface area contributed by atoms with Gasteiger partial charge in [0, 0.05) is 23.9 Å². The molecule has 96 valence electrons. The maximum Gasteiger partial charge on any atom is 0.223 e. The minimum Gasteiger partial charge on any atom is -0.481 e. The van der Waals surface area contributed by atoms with E-state index < -0.39 is 0 Å². The Balaban J connectivity index is 2.61. The normalized spacial score (nSPS) is 10.7. The quantitative estimate of drug-likeness (QED) is 0.890. The number of anilines is 1. The zero-order chi connectivity index (χ0) is 13.3. The van der Waals surface area contributed by atoms with Gasteiger partial charge in [0.15, 0.2) is 0 Å². The number of nitrogen functional groups attached to an aromatic ring is 1. The van der Waals surface area contributed by atoms with E-state index in [2.05, 4.69) is 22.0 Å². The molecule has 0 saturated carbocycles. The van der Waals surface area contributed by atoms with Gasteiger partial charge >= 0.3 is 0 Å². The van der Waals surface area contributed by atoms with Crippen LogP contribution in [0.4, 0.5) is 5.95 Å². The molecule has 0 aliphatic rings. The van der Waals surface area contributed by atoms with E-state index in [-0.39, 0.29) is 5.95 Å². The van der Waals surface area contributed by atoms with Crippen LogP contribution < -0.4 is 10.5 Å². The molecule has 0 amide bonds. The summed E-state index contributed by atoms with van der Waals surface area (Å²) in [6.07, 6.45) is 0. The summed E-state index contributed by atoms with van der Waals surface area (Å²) in [4.78, 5) is 8.24. The molecule has 2 rings (SSSR count). The van der Waals surface area contributed by atoms with Gasteiger partial charge in [0.05, 0.1) is 18.5 Å². The molecule has 0 spiro atoms. The van der Waals surface area contributed by atoms with Crippen LogP contribution in [0.25, 0.3) is 11.3 Å². The molecule has 0 fully saturated rings. The van der Waals surface area contributed by atoms with Gasteiger partial charge in [0.1, 0.15) is 0 Å². The predicted molar refractivity (Wildman–Crippen MR) is 69.4 cm³/mol. The number of hydrogen-bond donors (Lipinski definition) is 1. The molecule has 6 nitrogen and oxygen atoms in total. The molecule has 0 atom stereocenters. The van der Waals surface area contributed by atoms with Crippen LogP contribution in [0.15, 0.2) is 6.07 Å². The second kappa shape index (κ2) is 4.64. The summed E-state index contributed by atoms with van der Waals surface area (Å²) in [5.41, 5.74) is 9.41. The monoisotopic (exact) mass is 247 g/mol. The number of nitrogens with two attached hydrogens (primary N) is 1. The molecule has 2 heterocycles. The van der Waals surface area contributed by atoms with Crippen molar-refractivity contribution < 1.29 is 4.74 Å². The van der Waals surface area contributed by atoms with Gasteiger partial charge in [-0.3, -0.25) is 4.68 Å². The van der Waals surface area contributed by atoms with Crippen LogP contribution in [0.2, 0.25) is 0 Å². The summed E-state index contributed by atoms with van der Waals surface area (Å²) in [7, 11) is 1.56. The lowest BCUT2D eigenvalue weighted by Gasteiger charge is -2.05. The first-order chi connectivity index (χ1) is 8.56. The fourth-order valence-electron chi connectivity index (χ4n) is 2.05. The second-order valence-corrected chi connectivity index (χ2v) is 4.02. The fourth-order valence-corrected chi connectivity index (χ4v) is 2.05. The number of rotatable bonds is 3. The number of nitrogens with zero attached hydrogens (tertiary/aromatic N) is 4. The van der Waals surface area contributed by atoms with Crippen LogP contribution in [-0.2, 0) is 6.54 Å². The van der Waals surface area contributed by atoms with Crippen molar-refractivity contribution in [3.8, 4) is 17.1 Å². The van der Waals surface area contributed by atoms with Gasteiger partial charge in [-0.15, -0.1) is 0 Å². The van der Waals surface area contributed by atoms with Crippen LogP contribution in [0, 0.1) is 13.8 Å². The Morgan fingerprint density at radius 2 is 2.06 bits per heavy atom. The fraction of sp³-hybridized carbons (Fsp3) is 0.417. The Bertz CT molecular complexity index is 576. The van der Waals surface area contributed by atoms with E-state index >= 15 is 0 Å². The van der Waals surface area contributed by atoms with Crippen LogP contribution in [-0.4, -0.2) is 26.9 Å². The van der Waals surface area contributed by atoms with Gasteiger partial charge in [-0.1, -0.05) is 0 Å². The SMILES string of the molecule is CCn1nc(C)c(-c2cc(OC)nc(N)n2)c1C. The second-order valence-electron chi connectivity index (χ2n) is 4.02. The van der Waals surface area contributed by atoms with Crippen molar-refractivity contribution in [1.82, 2.24) is 19.7 Å². The molecule has 18 heavy (non-hydrogen) atoms. The van der Waals surface area contributed by atoms with E-state index in [0.29, 0.717) is 5.88 Å². The molecule has 0 radical (unpaired) electrons. The predicted octanol–water partition coefficient (Wildman–Crippen LogP) is 1.57. The Morgan fingerprint density at radius 1 is 1.33 bits per heavy atom. The summed E-state index contributed by atoms with van der Waals surface area (Å²) in [5, 5.41) is 4.46. The van der Waals surface area contributed by atoms with E-state index in [9.17, 15) is 0 Å². The topological polar surface area (TPSA) is 78.8 Å². The average molecular weight is 247 g/mol. The first-order valence-electron chi connectivity index (χ1n) is 5.79. The van der Waals surface area contributed by atoms with Crippen molar-refractivity contribution >= 4 is 5.95 Å². The van der Waals surface area contributed by atoms with E-state index in [1.54, 1.807) is 13.2 Å². The minimum absolute atomic E-state index is 0.201. The van der Waals surface area contributed by atoms with Gasteiger partial charge in [-0.05, 0) is 20.8 Å².